The number of aromatic amines is 1. The van der Waals surface area contributed by atoms with Crippen LogP contribution in [0, 0.1) is 21.4 Å². The molecule has 3 N–H and O–H groups in total. The molecule has 1 aliphatic heterocycles. The highest BCUT2D eigenvalue weighted by Crippen LogP contribution is 2.45. The SMILES string of the molecule is N#Cc1c(N)[nH+]c2c(c1-c1cc3c(cc1[N+](=O)[O-])OCO3)CCCCC2. The number of rotatable bonds is 2. The second-order valence-electron chi connectivity index (χ2n) is 6.40. The molecule has 8 heteroatoms. The van der Waals surface area contributed by atoms with E-state index in [0.717, 1.165) is 43.4 Å². The van der Waals surface area contributed by atoms with Crippen LogP contribution in [0.25, 0.3) is 11.1 Å². The summed E-state index contributed by atoms with van der Waals surface area (Å²) in [5.74, 6) is 0.999. The zero-order valence-electron chi connectivity index (χ0n) is 14.0. The summed E-state index contributed by atoms with van der Waals surface area (Å²) in [6.45, 7) is 0.0177. The lowest BCUT2D eigenvalue weighted by Crippen LogP contribution is -2.22. The average Bonchev–Trinajstić information content (AvgIpc) is 2.96. The third kappa shape index (κ3) is 2.49. The zero-order chi connectivity index (χ0) is 18.3. The first kappa shape index (κ1) is 16.1. The van der Waals surface area contributed by atoms with Gasteiger partial charge in [0.2, 0.25) is 6.79 Å². The lowest BCUT2D eigenvalue weighted by Gasteiger charge is -2.14. The zero-order valence-corrected chi connectivity index (χ0v) is 14.0. The van der Waals surface area contributed by atoms with Gasteiger partial charge in [-0.25, -0.2) is 4.98 Å². The summed E-state index contributed by atoms with van der Waals surface area (Å²) >= 11 is 0. The van der Waals surface area contributed by atoms with Gasteiger partial charge in [0.25, 0.3) is 11.5 Å². The predicted octanol–water partition coefficient (Wildman–Crippen LogP) is 2.53. The van der Waals surface area contributed by atoms with Gasteiger partial charge in [0.1, 0.15) is 17.3 Å². The lowest BCUT2D eigenvalue weighted by atomic mass is 9.90. The van der Waals surface area contributed by atoms with Crippen molar-refractivity contribution in [3.63, 3.8) is 0 Å². The van der Waals surface area contributed by atoms with Crippen LogP contribution < -0.4 is 20.2 Å². The molecular weight excluding hydrogens is 336 g/mol. The third-order valence-electron chi connectivity index (χ3n) is 4.89. The first-order chi connectivity index (χ1) is 12.6. The molecule has 0 amide bonds. The molecule has 2 aliphatic rings. The van der Waals surface area contributed by atoms with E-state index in [1.807, 2.05) is 0 Å². The van der Waals surface area contributed by atoms with Crippen molar-refractivity contribution in [1.29, 1.82) is 5.26 Å². The van der Waals surface area contributed by atoms with Crippen molar-refractivity contribution < 1.29 is 19.4 Å². The van der Waals surface area contributed by atoms with E-state index in [1.54, 1.807) is 6.07 Å². The number of nitrogens with two attached hydrogens (primary N) is 1. The summed E-state index contributed by atoms with van der Waals surface area (Å²) in [7, 11) is 0. The number of nitrogens with one attached hydrogen (secondary N) is 1. The normalized spacial score (nSPS) is 15.0. The third-order valence-corrected chi connectivity index (χ3v) is 4.89. The average molecular weight is 353 g/mol. The van der Waals surface area contributed by atoms with Crippen molar-refractivity contribution in [2.45, 2.75) is 32.1 Å². The van der Waals surface area contributed by atoms with Gasteiger partial charge in [0, 0.05) is 17.5 Å². The minimum absolute atomic E-state index is 0.0177. The molecule has 132 valence electrons. The maximum atomic E-state index is 11.7. The molecule has 4 rings (SSSR count). The highest BCUT2D eigenvalue weighted by molar-refractivity contribution is 5.85. The van der Waals surface area contributed by atoms with E-state index in [0.29, 0.717) is 22.6 Å². The summed E-state index contributed by atoms with van der Waals surface area (Å²) in [5, 5.41) is 21.4. The summed E-state index contributed by atoms with van der Waals surface area (Å²) in [4.78, 5) is 14.4. The number of benzene rings is 1. The van der Waals surface area contributed by atoms with Crippen LogP contribution in [0.3, 0.4) is 0 Å². The van der Waals surface area contributed by atoms with Crippen molar-refractivity contribution >= 4 is 11.5 Å². The minimum Gasteiger partial charge on any atom is -0.454 e. The number of nitro groups is 1. The van der Waals surface area contributed by atoms with Gasteiger partial charge in [-0.05, 0) is 25.3 Å². The Morgan fingerprint density at radius 3 is 2.65 bits per heavy atom. The van der Waals surface area contributed by atoms with Crippen LogP contribution in [0.5, 0.6) is 11.5 Å². The number of nitrogen functional groups attached to an aromatic ring is 1. The molecule has 0 fully saturated rings. The van der Waals surface area contributed by atoms with Gasteiger partial charge in [0.05, 0.1) is 16.6 Å². The molecular formula is C18H17N4O4+. The second-order valence-corrected chi connectivity index (χ2v) is 6.40. The number of ether oxygens (including phenoxy) is 2. The fourth-order valence-corrected chi connectivity index (χ4v) is 3.70. The van der Waals surface area contributed by atoms with E-state index in [4.69, 9.17) is 15.2 Å². The van der Waals surface area contributed by atoms with Crippen molar-refractivity contribution in [2.75, 3.05) is 12.5 Å². The fourth-order valence-electron chi connectivity index (χ4n) is 3.70. The van der Waals surface area contributed by atoms with E-state index in [9.17, 15) is 15.4 Å². The van der Waals surface area contributed by atoms with Crippen LogP contribution in [-0.2, 0) is 12.8 Å². The van der Waals surface area contributed by atoms with Crippen LogP contribution in [0.2, 0.25) is 0 Å². The monoisotopic (exact) mass is 353 g/mol. The van der Waals surface area contributed by atoms with E-state index < -0.39 is 4.92 Å². The molecule has 2 aromatic rings. The van der Waals surface area contributed by atoms with Crippen molar-refractivity contribution in [2.24, 2.45) is 0 Å². The number of aromatic nitrogens is 1. The topological polar surface area (TPSA) is 126 Å². The molecule has 0 atom stereocenters. The Labute approximate surface area is 149 Å². The van der Waals surface area contributed by atoms with Crippen molar-refractivity contribution in [1.82, 2.24) is 0 Å². The maximum absolute atomic E-state index is 11.7. The van der Waals surface area contributed by atoms with Gasteiger partial charge in [-0.2, -0.15) is 5.26 Å². The van der Waals surface area contributed by atoms with Gasteiger partial charge in [-0.1, -0.05) is 6.42 Å². The lowest BCUT2D eigenvalue weighted by molar-refractivity contribution is -0.384. The van der Waals surface area contributed by atoms with Crippen molar-refractivity contribution in [3.8, 4) is 28.7 Å². The number of anilines is 1. The smallest absolute Gasteiger partial charge is 0.289 e. The summed E-state index contributed by atoms with van der Waals surface area (Å²) < 4.78 is 10.7. The van der Waals surface area contributed by atoms with Gasteiger partial charge in [-0.15, -0.1) is 0 Å². The number of aryl methyl sites for hydroxylation is 1. The molecule has 0 spiro atoms. The number of fused-ring (bicyclic) bond motifs is 2. The molecule has 0 bridgehead atoms. The van der Waals surface area contributed by atoms with Crippen LogP contribution >= 0.6 is 0 Å². The largest absolute Gasteiger partial charge is 0.454 e. The Morgan fingerprint density at radius 1 is 1.19 bits per heavy atom. The number of hydrogen-bond acceptors (Lipinski definition) is 6. The van der Waals surface area contributed by atoms with Crippen molar-refractivity contribution in [3.05, 3.63) is 39.1 Å². The number of pyridine rings is 1. The Bertz CT molecular complexity index is 965. The molecule has 26 heavy (non-hydrogen) atoms. The molecule has 2 heterocycles. The summed E-state index contributed by atoms with van der Waals surface area (Å²) in [5.41, 5.74) is 8.93. The molecule has 0 saturated heterocycles. The number of hydrogen-bond donors (Lipinski definition) is 1. The Hall–Kier alpha value is -3.34. The number of nitro benzene ring substituents is 1. The first-order valence-corrected chi connectivity index (χ1v) is 8.45. The van der Waals surface area contributed by atoms with Gasteiger partial charge < -0.3 is 9.47 Å². The molecule has 0 saturated carbocycles. The number of nitrogens with zero attached hydrogens (tertiary/aromatic N) is 2. The summed E-state index contributed by atoms with van der Waals surface area (Å²) in [6, 6.07) is 5.06. The summed E-state index contributed by atoms with van der Waals surface area (Å²) in [6.07, 6.45) is 4.57. The van der Waals surface area contributed by atoms with E-state index in [2.05, 4.69) is 11.1 Å². The van der Waals surface area contributed by atoms with Crippen LogP contribution in [-0.4, -0.2) is 11.7 Å². The fraction of sp³-hybridized carbons (Fsp3) is 0.333. The standard InChI is InChI=1S/C18H16N4O4/c19-8-12-17(10-4-2-1-3-5-13(10)21-18(12)20)11-6-15-16(26-9-25-15)7-14(11)22(23)24/h6-7H,1-5,9H2,(H2,20,21)/p+1. The number of nitriles is 1. The molecule has 1 aromatic carbocycles. The first-order valence-electron chi connectivity index (χ1n) is 8.45. The van der Waals surface area contributed by atoms with E-state index >= 15 is 0 Å². The Kier molecular flexibility index (Phi) is 3.84. The maximum Gasteiger partial charge on any atom is 0.289 e. The highest BCUT2D eigenvalue weighted by Gasteiger charge is 2.31. The molecule has 0 unspecified atom stereocenters. The Balaban J connectivity index is 2.06. The van der Waals surface area contributed by atoms with E-state index in [-0.39, 0.29) is 23.9 Å². The molecule has 0 radical (unpaired) electrons. The number of H-pyrrole nitrogens is 1. The minimum atomic E-state index is -0.464. The molecule has 1 aliphatic carbocycles. The second kappa shape index (κ2) is 6.19. The van der Waals surface area contributed by atoms with Crippen LogP contribution in [0.4, 0.5) is 11.5 Å². The molecule has 1 aromatic heterocycles. The van der Waals surface area contributed by atoms with E-state index in [1.165, 1.54) is 6.07 Å². The van der Waals surface area contributed by atoms with Crippen LogP contribution in [0.1, 0.15) is 36.1 Å². The van der Waals surface area contributed by atoms with Gasteiger partial charge in [0.15, 0.2) is 11.5 Å². The highest BCUT2D eigenvalue weighted by atomic mass is 16.7. The molecule has 8 nitrogen and oxygen atoms in total. The predicted molar refractivity (Wildman–Crippen MR) is 91.6 cm³/mol. The Morgan fingerprint density at radius 2 is 1.92 bits per heavy atom. The quantitative estimate of drug-likeness (QED) is 0.502. The van der Waals surface area contributed by atoms with Crippen LogP contribution in [0.15, 0.2) is 12.1 Å². The van der Waals surface area contributed by atoms with Gasteiger partial charge >= 0.3 is 0 Å². The van der Waals surface area contributed by atoms with Gasteiger partial charge in [-0.3, -0.25) is 15.8 Å².